The number of nitrogens with two attached hydrogens (primary N) is 1. The van der Waals surface area contributed by atoms with Crippen LogP contribution in [-0.2, 0) is 11.2 Å². The van der Waals surface area contributed by atoms with E-state index in [4.69, 9.17) is 10.5 Å². The van der Waals surface area contributed by atoms with E-state index in [1.807, 2.05) is 12.1 Å². The largest absolute Gasteiger partial charge is 0.381 e. The minimum atomic E-state index is -0.191. The van der Waals surface area contributed by atoms with Crippen molar-refractivity contribution < 1.29 is 9.13 Å². The summed E-state index contributed by atoms with van der Waals surface area (Å²) in [4.78, 5) is 2.45. The second-order valence-electron chi connectivity index (χ2n) is 5.93. The Morgan fingerprint density at radius 1 is 1.30 bits per heavy atom. The van der Waals surface area contributed by atoms with Gasteiger partial charge in [0.2, 0.25) is 0 Å². The third-order valence-corrected chi connectivity index (χ3v) is 4.48. The van der Waals surface area contributed by atoms with Crippen LogP contribution in [0.2, 0.25) is 0 Å². The van der Waals surface area contributed by atoms with Crippen molar-refractivity contribution >= 4 is 0 Å². The molecule has 1 unspecified atom stereocenters. The summed E-state index contributed by atoms with van der Waals surface area (Å²) in [5.41, 5.74) is 7.10. The molecule has 1 heterocycles. The number of benzene rings is 1. The van der Waals surface area contributed by atoms with E-state index in [0.29, 0.717) is 12.6 Å². The monoisotopic (exact) mass is 280 g/mol. The van der Waals surface area contributed by atoms with Gasteiger partial charge in [0.25, 0.3) is 0 Å². The number of piperidine rings is 1. The van der Waals surface area contributed by atoms with Crippen molar-refractivity contribution in [2.45, 2.75) is 37.8 Å². The average molecular weight is 280 g/mol. The summed E-state index contributed by atoms with van der Waals surface area (Å²) in [5.74, 6) is -0.191. The summed E-state index contributed by atoms with van der Waals surface area (Å²) in [6, 6.07) is 6.74. The fourth-order valence-corrected chi connectivity index (χ4v) is 2.99. The van der Waals surface area contributed by atoms with Gasteiger partial charge in [-0.1, -0.05) is 12.1 Å². The Morgan fingerprint density at radius 3 is 2.40 bits per heavy atom. The molecule has 0 amide bonds. The highest BCUT2D eigenvalue weighted by Crippen LogP contribution is 2.25. The summed E-state index contributed by atoms with van der Waals surface area (Å²) in [7, 11) is 1.78. The van der Waals surface area contributed by atoms with E-state index >= 15 is 0 Å². The fourth-order valence-electron chi connectivity index (χ4n) is 2.99. The molecule has 20 heavy (non-hydrogen) atoms. The SMILES string of the molecule is COC1CCN(C(C)(CN)Cc2ccc(F)cc2)CC1. The molecule has 1 saturated heterocycles. The van der Waals surface area contributed by atoms with Crippen molar-refractivity contribution in [3.63, 3.8) is 0 Å². The quantitative estimate of drug-likeness (QED) is 0.898. The molecule has 1 aliphatic heterocycles. The molecule has 0 bridgehead atoms. The first-order chi connectivity index (χ1) is 9.57. The van der Waals surface area contributed by atoms with Crippen LogP contribution in [0, 0.1) is 5.82 Å². The molecule has 0 radical (unpaired) electrons. The lowest BCUT2D eigenvalue weighted by Gasteiger charge is -2.44. The molecule has 1 fully saturated rings. The molecule has 0 spiro atoms. The number of hydrogen-bond acceptors (Lipinski definition) is 3. The maximum Gasteiger partial charge on any atom is 0.123 e. The zero-order valence-electron chi connectivity index (χ0n) is 12.4. The molecule has 1 aromatic carbocycles. The van der Waals surface area contributed by atoms with Crippen LogP contribution in [0.5, 0.6) is 0 Å². The Hall–Kier alpha value is -0.970. The van der Waals surface area contributed by atoms with Crippen LogP contribution in [0.15, 0.2) is 24.3 Å². The number of rotatable bonds is 5. The lowest BCUT2D eigenvalue weighted by Crippen LogP contribution is -2.56. The molecular weight excluding hydrogens is 255 g/mol. The van der Waals surface area contributed by atoms with E-state index in [9.17, 15) is 4.39 Å². The first-order valence-electron chi connectivity index (χ1n) is 7.30. The summed E-state index contributed by atoms with van der Waals surface area (Å²) >= 11 is 0. The molecule has 0 saturated carbocycles. The third kappa shape index (κ3) is 3.57. The minimum absolute atomic E-state index is 0.0729. The number of halogens is 1. The van der Waals surface area contributed by atoms with Gasteiger partial charge in [-0.15, -0.1) is 0 Å². The Balaban J connectivity index is 2.03. The van der Waals surface area contributed by atoms with Crippen LogP contribution in [-0.4, -0.2) is 43.3 Å². The first kappa shape index (κ1) is 15.4. The summed E-state index contributed by atoms with van der Waals surface area (Å²) in [6.45, 7) is 4.81. The average Bonchev–Trinajstić information content (AvgIpc) is 2.49. The molecule has 1 aromatic rings. The Labute approximate surface area is 120 Å². The smallest absolute Gasteiger partial charge is 0.123 e. The highest BCUT2D eigenvalue weighted by atomic mass is 19.1. The van der Waals surface area contributed by atoms with Crippen molar-refractivity contribution in [3.8, 4) is 0 Å². The van der Waals surface area contributed by atoms with Crippen LogP contribution < -0.4 is 5.73 Å². The molecule has 1 aliphatic rings. The van der Waals surface area contributed by atoms with Gasteiger partial charge in [-0.3, -0.25) is 4.90 Å². The van der Waals surface area contributed by atoms with Gasteiger partial charge >= 0.3 is 0 Å². The van der Waals surface area contributed by atoms with Gasteiger partial charge < -0.3 is 10.5 Å². The van der Waals surface area contributed by atoms with Gasteiger partial charge in [-0.2, -0.15) is 0 Å². The summed E-state index contributed by atoms with van der Waals surface area (Å²) < 4.78 is 18.4. The standard InChI is InChI=1S/C16H25FN2O/c1-16(12-18,11-13-3-5-14(17)6-4-13)19-9-7-15(20-2)8-10-19/h3-6,15H,7-12,18H2,1-2H3. The van der Waals surface area contributed by atoms with E-state index in [0.717, 1.165) is 37.9 Å². The van der Waals surface area contributed by atoms with Crippen molar-refractivity contribution in [2.24, 2.45) is 5.73 Å². The third-order valence-electron chi connectivity index (χ3n) is 4.48. The van der Waals surface area contributed by atoms with Crippen molar-refractivity contribution in [1.82, 2.24) is 4.90 Å². The molecule has 0 aromatic heterocycles. The van der Waals surface area contributed by atoms with E-state index in [1.54, 1.807) is 7.11 Å². The highest BCUT2D eigenvalue weighted by molar-refractivity contribution is 5.19. The highest BCUT2D eigenvalue weighted by Gasteiger charge is 2.33. The second-order valence-corrected chi connectivity index (χ2v) is 5.93. The van der Waals surface area contributed by atoms with Gasteiger partial charge in [-0.05, 0) is 43.9 Å². The number of nitrogens with zero attached hydrogens (tertiary/aromatic N) is 1. The molecule has 2 N–H and O–H groups in total. The van der Waals surface area contributed by atoms with Crippen molar-refractivity contribution in [2.75, 3.05) is 26.7 Å². The zero-order valence-corrected chi connectivity index (χ0v) is 12.4. The maximum absolute atomic E-state index is 13.0. The Morgan fingerprint density at radius 2 is 1.90 bits per heavy atom. The maximum atomic E-state index is 13.0. The van der Waals surface area contributed by atoms with Crippen LogP contribution in [0.25, 0.3) is 0 Å². The van der Waals surface area contributed by atoms with Gasteiger partial charge in [0.15, 0.2) is 0 Å². The molecular formula is C16H25FN2O. The minimum Gasteiger partial charge on any atom is -0.381 e. The van der Waals surface area contributed by atoms with Gasteiger partial charge in [0.1, 0.15) is 5.82 Å². The molecule has 1 atom stereocenters. The van der Waals surface area contributed by atoms with Gasteiger partial charge in [0.05, 0.1) is 6.10 Å². The predicted octanol–water partition coefficient (Wildman–Crippen LogP) is 2.20. The van der Waals surface area contributed by atoms with Gasteiger partial charge in [0, 0.05) is 32.3 Å². The molecule has 0 aliphatic carbocycles. The molecule has 2 rings (SSSR count). The van der Waals surface area contributed by atoms with Crippen LogP contribution in [0.4, 0.5) is 4.39 Å². The van der Waals surface area contributed by atoms with Crippen LogP contribution in [0.1, 0.15) is 25.3 Å². The number of methoxy groups -OCH3 is 1. The van der Waals surface area contributed by atoms with Crippen LogP contribution >= 0.6 is 0 Å². The molecule has 4 heteroatoms. The lowest BCUT2D eigenvalue weighted by atomic mass is 9.88. The summed E-state index contributed by atoms with van der Waals surface area (Å²) in [5, 5.41) is 0. The van der Waals surface area contributed by atoms with Crippen LogP contribution in [0.3, 0.4) is 0 Å². The van der Waals surface area contributed by atoms with Crippen molar-refractivity contribution in [3.05, 3.63) is 35.6 Å². The van der Waals surface area contributed by atoms with E-state index in [2.05, 4.69) is 11.8 Å². The second kappa shape index (κ2) is 6.66. The Kier molecular flexibility index (Phi) is 5.13. The lowest BCUT2D eigenvalue weighted by molar-refractivity contribution is 0.00362. The van der Waals surface area contributed by atoms with E-state index in [1.165, 1.54) is 12.1 Å². The van der Waals surface area contributed by atoms with E-state index in [-0.39, 0.29) is 11.4 Å². The fraction of sp³-hybridized carbons (Fsp3) is 0.625. The summed E-state index contributed by atoms with van der Waals surface area (Å²) in [6.07, 6.45) is 3.33. The normalized spacial score (nSPS) is 20.8. The zero-order chi connectivity index (χ0) is 14.6. The molecule has 112 valence electrons. The van der Waals surface area contributed by atoms with Gasteiger partial charge in [-0.25, -0.2) is 4.39 Å². The number of ether oxygens (including phenoxy) is 1. The Bertz CT molecular complexity index is 415. The topological polar surface area (TPSA) is 38.5 Å². The first-order valence-corrected chi connectivity index (χ1v) is 7.30. The van der Waals surface area contributed by atoms with Crippen molar-refractivity contribution in [1.29, 1.82) is 0 Å². The number of likely N-dealkylation sites (tertiary alicyclic amines) is 1. The van der Waals surface area contributed by atoms with E-state index < -0.39 is 0 Å². The molecule has 3 nitrogen and oxygen atoms in total. The predicted molar refractivity (Wildman–Crippen MR) is 79.2 cm³/mol. The number of hydrogen-bond donors (Lipinski definition) is 1.